The smallest absolute Gasteiger partial charge is 0.321 e. The monoisotopic (exact) mass is 368 g/mol. The standard InChI is InChI=1S/C16H11F3N2OS2/c1-9-13(24-15(20-9)12-3-2-8-23-12)14(22)21-11-6-4-10(5-7-11)16(17,18)19/h2-8H,1H3,(H,21,22). The quantitative estimate of drug-likeness (QED) is 0.668. The molecule has 0 saturated heterocycles. The molecule has 0 fully saturated rings. The average Bonchev–Trinajstić information content (AvgIpc) is 3.16. The lowest BCUT2D eigenvalue weighted by Crippen LogP contribution is -2.12. The maximum absolute atomic E-state index is 12.5. The van der Waals surface area contributed by atoms with Gasteiger partial charge in [-0.3, -0.25) is 4.79 Å². The van der Waals surface area contributed by atoms with Gasteiger partial charge in [-0.1, -0.05) is 6.07 Å². The molecule has 2 aromatic heterocycles. The number of alkyl halides is 3. The Kier molecular flexibility index (Phi) is 4.42. The molecule has 0 aliphatic heterocycles. The second-order valence-corrected chi connectivity index (χ2v) is 6.89. The number of nitrogens with one attached hydrogen (secondary N) is 1. The third-order valence-corrected chi connectivity index (χ3v) is 5.40. The molecule has 1 aromatic carbocycles. The van der Waals surface area contributed by atoms with Crippen molar-refractivity contribution in [3.63, 3.8) is 0 Å². The van der Waals surface area contributed by atoms with Crippen molar-refractivity contribution in [2.24, 2.45) is 0 Å². The van der Waals surface area contributed by atoms with Crippen LogP contribution in [0.25, 0.3) is 9.88 Å². The molecule has 0 atom stereocenters. The highest BCUT2D eigenvalue weighted by atomic mass is 32.1. The van der Waals surface area contributed by atoms with E-state index in [9.17, 15) is 18.0 Å². The molecule has 3 nitrogen and oxygen atoms in total. The minimum atomic E-state index is -4.40. The molecule has 0 aliphatic rings. The van der Waals surface area contributed by atoms with E-state index in [-0.39, 0.29) is 5.91 Å². The highest BCUT2D eigenvalue weighted by Crippen LogP contribution is 2.32. The number of thiazole rings is 1. The van der Waals surface area contributed by atoms with Crippen molar-refractivity contribution in [3.8, 4) is 9.88 Å². The number of amides is 1. The van der Waals surface area contributed by atoms with Gasteiger partial charge in [0.05, 0.1) is 16.1 Å². The van der Waals surface area contributed by atoms with Crippen molar-refractivity contribution in [2.75, 3.05) is 5.32 Å². The number of hydrogen-bond acceptors (Lipinski definition) is 4. The first-order chi connectivity index (χ1) is 11.3. The second-order valence-electron chi connectivity index (χ2n) is 4.94. The van der Waals surface area contributed by atoms with Crippen molar-refractivity contribution in [3.05, 3.63) is 57.9 Å². The number of carbonyl (C=O) groups is 1. The molecule has 0 spiro atoms. The van der Waals surface area contributed by atoms with E-state index in [1.165, 1.54) is 34.8 Å². The third-order valence-electron chi connectivity index (χ3n) is 3.20. The van der Waals surface area contributed by atoms with Crippen molar-refractivity contribution >= 4 is 34.3 Å². The molecule has 2 heterocycles. The topological polar surface area (TPSA) is 42.0 Å². The van der Waals surface area contributed by atoms with Crippen LogP contribution in [0.2, 0.25) is 0 Å². The molecule has 0 bridgehead atoms. The summed E-state index contributed by atoms with van der Waals surface area (Å²) >= 11 is 2.79. The summed E-state index contributed by atoms with van der Waals surface area (Å²) in [5.41, 5.74) is 0.140. The summed E-state index contributed by atoms with van der Waals surface area (Å²) in [7, 11) is 0. The summed E-state index contributed by atoms with van der Waals surface area (Å²) in [6.07, 6.45) is -4.40. The Morgan fingerprint density at radius 3 is 2.46 bits per heavy atom. The number of aryl methyl sites for hydroxylation is 1. The zero-order chi connectivity index (χ0) is 17.3. The summed E-state index contributed by atoms with van der Waals surface area (Å²) in [6, 6.07) is 8.16. The maximum atomic E-state index is 12.5. The van der Waals surface area contributed by atoms with Crippen LogP contribution in [0.1, 0.15) is 20.9 Å². The Bertz CT molecular complexity index is 853. The number of benzene rings is 1. The van der Waals surface area contributed by atoms with Crippen LogP contribution in [0.5, 0.6) is 0 Å². The Labute approximate surface area is 143 Å². The second kappa shape index (κ2) is 6.37. The molecule has 1 amide bonds. The summed E-state index contributed by atoms with van der Waals surface area (Å²) < 4.78 is 37.6. The van der Waals surface area contributed by atoms with E-state index in [4.69, 9.17) is 0 Å². The lowest BCUT2D eigenvalue weighted by molar-refractivity contribution is -0.137. The zero-order valence-corrected chi connectivity index (χ0v) is 14.0. The van der Waals surface area contributed by atoms with Gasteiger partial charge in [0.1, 0.15) is 9.88 Å². The number of anilines is 1. The molecule has 3 aromatic rings. The van der Waals surface area contributed by atoms with Gasteiger partial charge in [0.25, 0.3) is 5.91 Å². The van der Waals surface area contributed by atoms with Crippen molar-refractivity contribution < 1.29 is 18.0 Å². The molecule has 0 unspecified atom stereocenters. The van der Waals surface area contributed by atoms with Gasteiger partial charge in [-0.05, 0) is 42.6 Å². The number of rotatable bonds is 3. The van der Waals surface area contributed by atoms with Gasteiger partial charge in [0.2, 0.25) is 0 Å². The number of aromatic nitrogens is 1. The maximum Gasteiger partial charge on any atom is 0.416 e. The zero-order valence-electron chi connectivity index (χ0n) is 12.3. The first-order valence-corrected chi connectivity index (χ1v) is 8.54. The highest BCUT2D eigenvalue weighted by Gasteiger charge is 2.30. The highest BCUT2D eigenvalue weighted by molar-refractivity contribution is 7.22. The van der Waals surface area contributed by atoms with E-state index >= 15 is 0 Å². The van der Waals surface area contributed by atoms with Crippen LogP contribution in [-0.4, -0.2) is 10.9 Å². The number of nitrogens with zero attached hydrogens (tertiary/aromatic N) is 1. The van der Waals surface area contributed by atoms with E-state index in [0.29, 0.717) is 16.3 Å². The molecular formula is C16H11F3N2OS2. The van der Waals surface area contributed by atoms with Crippen LogP contribution in [-0.2, 0) is 6.18 Å². The summed E-state index contributed by atoms with van der Waals surface area (Å²) in [4.78, 5) is 18.1. The molecule has 24 heavy (non-hydrogen) atoms. The molecule has 0 radical (unpaired) electrons. The van der Waals surface area contributed by atoms with Gasteiger partial charge < -0.3 is 5.32 Å². The fourth-order valence-corrected chi connectivity index (χ4v) is 3.80. The first kappa shape index (κ1) is 16.7. The van der Waals surface area contributed by atoms with Gasteiger partial charge in [-0.2, -0.15) is 13.2 Å². The van der Waals surface area contributed by atoms with E-state index in [1.54, 1.807) is 6.92 Å². The van der Waals surface area contributed by atoms with Crippen LogP contribution in [0.3, 0.4) is 0 Å². The van der Waals surface area contributed by atoms with Crippen molar-refractivity contribution in [1.29, 1.82) is 0 Å². The molecule has 1 N–H and O–H groups in total. The number of halogens is 3. The van der Waals surface area contributed by atoms with Crippen LogP contribution in [0, 0.1) is 6.92 Å². The molecule has 124 valence electrons. The Balaban J connectivity index is 1.78. The largest absolute Gasteiger partial charge is 0.416 e. The molecule has 3 rings (SSSR count). The Morgan fingerprint density at radius 2 is 1.88 bits per heavy atom. The van der Waals surface area contributed by atoms with E-state index in [2.05, 4.69) is 10.3 Å². The van der Waals surface area contributed by atoms with Crippen molar-refractivity contribution in [1.82, 2.24) is 4.98 Å². The Hall–Kier alpha value is -2.19. The fraction of sp³-hybridized carbons (Fsp3) is 0.125. The Morgan fingerprint density at radius 1 is 1.17 bits per heavy atom. The molecule has 0 aliphatic carbocycles. The average molecular weight is 368 g/mol. The van der Waals surface area contributed by atoms with Gasteiger partial charge in [-0.15, -0.1) is 22.7 Å². The van der Waals surface area contributed by atoms with E-state index < -0.39 is 11.7 Å². The van der Waals surface area contributed by atoms with Crippen LogP contribution in [0.4, 0.5) is 18.9 Å². The molecular weight excluding hydrogens is 357 g/mol. The molecule has 0 saturated carbocycles. The lowest BCUT2D eigenvalue weighted by atomic mass is 10.2. The van der Waals surface area contributed by atoms with Crippen molar-refractivity contribution in [2.45, 2.75) is 13.1 Å². The first-order valence-electron chi connectivity index (χ1n) is 6.84. The predicted molar refractivity (Wildman–Crippen MR) is 89.6 cm³/mol. The molecule has 8 heteroatoms. The number of thiophene rings is 1. The van der Waals surface area contributed by atoms with Gasteiger partial charge >= 0.3 is 6.18 Å². The van der Waals surface area contributed by atoms with Gasteiger partial charge in [-0.25, -0.2) is 4.98 Å². The summed E-state index contributed by atoms with van der Waals surface area (Å²) in [5.74, 6) is -0.382. The van der Waals surface area contributed by atoms with Crippen LogP contribution < -0.4 is 5.32 Å². The van der Waals surface area contributed by atoms with E-state index in [1.807, 2.05) is 17.5 Å². The summed E-state index contributed by atoms with van der Waals surface area (Å²) in [6.45, 7) is 1.73. The van der Waals surface area contributed by atoms with Gasteiger partial charge in [0, 0.05) is 5.69 Å². The predicted octanol–water partition coefficient (Wildman–Crippen LogP) is 5.45. The number of carbonyl (C=O) groups excluding carboxylic acids is 1. The number of hydrogen-bond donors (Lipinski definition) is 1. The SMILES string of the molecule is Cc1nc(-c2cccs2)sc1C(=O)Nc1ccc(C(F)(F)F)cc1. The normalized spacial score (nSPS) is 11.5. The summed E-state index contributed by atoms with van der Waals surface area (Å²) in [5, 5.41) is 5.28. The van der Waals surface area contributed by atoms with Crippen LogP contribution in [0.15, 0.2) is 41.8 Å². The van der Waals surface area contributed by atoms with Crippen LogP contribution >= 0.6 is 22.7 Å². The lowest BCUT2D eigenvalue weighted by Gasteiger charge is -2.08. The third kappa shape index (κ3) is 3.49. The minimum Gasteiger partial charge on any atom is -0.321 e. The minimum absolute atomic E-state index is 0.304. The fourth-order valence-electron chi connectivity index (χ4n) is 2.04. The van der Waals surface area contributed by atoms with Gasteiger partial charge in [0.15, 0.2) is 0 Å². The van der Waals surface area contributed by atoms with E-state index in [0.717, 1.165) is 22.0 Å².